The minimum absolute atomic E-state index is 0.0796. The maximum Gasteiger partial charge on any atom is 0.231 e. The van der Waals surface area contributed by atoms with Gasteiger partial charge in [-0.15, -0.1) is 0 Å². The fraction of sp³-hybridized carbons (Fsp3) is 0.192. The minimum Gasteiger partial charge on any atom is -0.478 e. The molecule has 4 heteroatoms. The van der Waals surface area contributed by atoms with Gasteiger partial charge in [0.1, 0.15) is 18.2 Å². The van der Waals surface area contributed by atoms with Gasteiger partial charge in [0.05, 0.1) is 11.1 Å². The molecule has 2 heterocycles. The average Bonchev–Trinajstić information content (AvgIpc) is 3.07. The van der Waals surface area contributed by atoms with E-state index >= 15 is 0 Å². The lowest BCUT2D eigenvalue weighted by atomic mass is 10.0. The number of benzene rings is 3. The molecule has 0 amide bonds. The van der Waals surface area contributed by atoms with Crippen LogP contribution in [0.4, 0.5) is 0 Å². The molecule has 0 N–H and O–H groups in total. The van der Waals surface area contributed by atoms with Crippen LogP contribution in [0.2, 0.25) is 0 Å². The zero-order chi connectivity index (χ0) is 20.7. The Morgan fingerprint density at radius 1 is 0.933 bits per heavy atom. The lowest BCUT2D eigenvalue weighted by Gasteiger charge is -2.29. The highest BCUT2D eigenvalue weighted by Gasteiger charge is 2.33. The van der Waals surface area contributed by atoms with Crippen LogP contribution >= 0.6 is 0 Å². The Bertz CT molecular complexity index is 1140. The zero-order valence-corrected chi connectivity index (χ0v) is 17.1. The molecule has 2 aliphatic rings. The monoisotopic (exact) mass is 397 g/mol. The standard InChI is InChI=1S/C26H23NO3/c1-17-3-7-19(8-4-17)13-24-25(28)21-11-12-23-22(26(21)30-24)15-27(16-29-23)14-20-9-5-18(2)6-10-20/h3-13H,14-16H2,1-2H3/b24-13-. The van der Waals surface area contributed by atoms with Gasteiger partial charge in [0, 0.05) is 13.1 Å². The van der Waals surface area contributed by atoms with Crippen LogP contribution in [-0.2, 0) is 13.1 Å². The van der Waals surface area contributed by atoms with Crippen LogP contribution < -0.4 is 9.47 Å². The molecule has 2 aliphatic heterocycles. The van der Waals surface area contributed by atoms with E-state index in [4.69, 9.17) is 9.47 Å². The van der Waals surface area contributed by atoms with Gasteiger partial charge in [-0.1, -0.05) is 59.7 Å². The van der Waals surface area contributed by atoms with E-state index in [1.807, 2.05) is 49.4 Å². The van der Waals surface area contributed by atoms with Crippen LogP contribution in [0.3, 0.4) is 0 Å². The van der Waals surface area contributed by atoms with Gasteiger partial charge in [-0.3, -0.25) is 9.69 Å². The Labute approximate surface area is 176 Å². The Balaban J connectivity index is 1.41. The van der Waals surface area contributed by atoms with Gasteiger partial charge in [0.25, 0.3) is 0 Å². The van der Waals surface area contributed by atoms with E-state index in [0.29, 0.717) is 30.3 Å². The summed E-state index contributed by atoms with van der Waals surface area (Å²) in [6.45, 7) is 6.10. The summed E-state index contributed by atoms with van der Waals surface area (Å²) in [5.41, 5.74) is 6.15. The number of Topliss-reactive ketones (excluding diaryl/α,β-unsaturated/α-hetero) is 1. The first kappa shape index (κ1) is 18.6. The predicted octanol–water partition coefficient (Wildman–Crippen LogP) is 5.27. The fourth-order valence-corrected chi connectivity index (χ4v) is 3.87. The van der Waals surface area contributed by atoms with E-state index in [9.17, 15) is 4.79 Å². The van der Waals surface area contributed by atoms with Gasteiger partial charge in [0.2, 0.25) is 5.78 Å². The highest BCUT2D eigenvalue weighted by atomic mass is 16.5. The molecule has 30 heavy (non-hydrogen) atoms. The molecule has 0 saturated heterocycles. The average molecular weight is 397 g/mol. The summed E-state index contributed by atoms with van der Waals surface area (Å²) < 4.78 is 12.0. The van der Waals surface area contributed by atoms with Gasteiger partial charge in [-0.05, 0) is 43.2 Å². The molecule has 3 aromatic rings. The summed E-state index contributed by atoms with van der Waals surface area (Å²) in [5, 5.41) is 0. The lowest BCUT2D eigenvalue weighted by molar-refractivity contribution is 0.0873. The first-order valence-electron chi connectivity index (χ1n) is 10.1. The molecule has 0 atom stereocenters. The van der Waals surface area contributed by atoms with E-state index in [-0.39, 0.29) is 5.78 Å². The Kier molecular flexibility index (Phi) is 4.64. The van der Waals surface area contributed by atoms with Crippen LogP contribution in [0.1, 0.15) is 38.2 Å². The molecular weight excluding hydrogens is 374 g/mol. The molecule has 0 aliphatic carbocycles. The van der Waals surface area contributed by atoms with Crippen LogP contribution in [0, 0.1) is 13.8 Å². The molecule has 0 radical (unpaired) electrons. The third-order valence-electron chi connectivity index (χ3n) is 5.58. The second-order valence-corrected chi connectivity index (χ2v) is 8.02. The van der Waals surface area contributed by atoms with Crippen molar-refractivity contribution in [1.29, 1.82) is 0 Å². The number of hydrogen-bond acceptors (Lipinski definition) is 4. The Morgan fingerprint density at radius 3 is 2.37 bits per heavy atom. The molecule has 0 bridgehead atoms. The molecule has 3 aromatic carbocycles. The van der Waals surface area contributed by atoms with Gasteiger partial charge in [0.15, 0.2) is 5.76 Å². The van der Waals surface area contributed by atoms with Crippen molar-refractivity contribution in [2.75, 3.05) is 6.73 Å². The van der Waals surface area contributed by atoms with E-state index in [1.165, 1.54) is 16.7 Å². The Morgan fingerprint density at radius 2 is 1.63 bits per heavy atom. The topological polar surface area (TPSA) is 38.8 Å². The van der Waals surface area contributed by atoms with Gasteiger partial charge < -0.3 is 9.47 Å². The summed E-state index contributed by atoms with van der Waals surface area (Å²) in [7, 11) is 0. The molecule has 0 saturated carbocycles. The van der Waals surface area contributed by atoms with E-state index in [2.05, 4.69) is 36.1 Å². The number of aryl methyl sites for hydroxylation is 2. The van der Waals surface area contributed by atoms with Crippen LogP contribution in [0.5, 0.6) is 11.5 Å². The smallest absolute Gasteiger partial charge is 0.231 e. The number of fused-ring (bicyclic) bond motifs is 3. The number of allylic oxidation sites excluding steroid dienone is 1. The number of ether oxygens (including phenoxy) is 2. The van der Waals surface area contributed by atoms with Crippen molar-refractivity contribution in [3.8, 4) is 11.5 Å². The minimum atomic E-state index is -0.0796. The highest BCUT2D eigenvalue weighted by Crippen LogP contribution is 2.42. The quantitative estimate of drug-likeness (QED) is 0.564. The number of hydrogen-bond donors (Lipinski definition) is 0. The van der Waals surface area contributed by atoms with Crippen molar-refractivity contribution in [2.45, 2.75) is 26.9 Å². The van der Waals surface area contributed by atoms with Crippen molar-refractivity contribution in [2.24, 2.45) is 0 Å². The molecule has 4 nitrogen and oxygen atoms in total. The van der Waals surface area contributed by atoms with Crippen LogP contribution in [0.25, 0.3) is 6.08 Å². The summed E-state index contributed by atoms with van der Waals surface area (Å²) >= 11 is 0. The number of carbonyl (C=O) groups is 1. The maximum absolute atomic E-state index is 12.9. The van der Waals surface area contributed by atoms with Crippen molar-refractivity contribution >= 4 is 11.9 Å². The number of carbonyl (C=O) groups excluding carboxylic acids is 1. The first-order valence-corrected chi connectivity index (χ1v) is 10.1. The van der Waals surface area contributed by atoms with Crippen LogP contribution in [0.15, 0.2) is 66.4 Å². The zero-order valence-electron chi connectivity index (χ0n) is 17.1. The molecular formula is C26H23NO3. The predicted molar refractivity (Wildman–Crippen MR) is 116 cm³/mol. The fourth-order valence-electron chi connectivity index (χ4n) is 3.87. The Hall–Kier alpha value is -3.37. The van der Waals surface area contributed by atoms with Crippen molar-refractivity contribution in [3.05, 3.63) is 99.8 Å². The third kappa shape index (κ3) is 3.51. The largest absolute Gasteiger partial charge is 0.478 e. The van der Waals surface area contributed by atoms with Crippen molar-refractivity contribution in [3.63, 3.8) is 0 Å². The molecule has 0 aromatic heterocycles. The molecule has 0 unspecified atom stereocenters. The first-order chi connectivity index (χ1) is 14.6. The van der Waals surface area contributed by atoms with Crippen molar-refractivity contribution < 1.29 is 14.3 Å². The van der Waals surface area contributed by atoms with Gasteiger partial charge in [-0.25, -0.2) is 0 Å². The summed E-state index contributed by atoms with van der Waals surface area (Å²) in [4.78, 5) is 15.1. The normalized spacial score (nSPS) is 16.7. The molecule has 5 rings (SSSR count). The van der Waals surface area contributed by atoms with Gasteiger partial charge >= 0.3 is 0 Å². The number of nitrogens with zero attached hydrogens (tertiary/aromatic N) is 1. The summed E-state index contributed by atoms with van der Waals surface area (Å²) in [6.07, 6.45) is 1.81. The summed E-state index contributed by atoms with van der Waals surface area (Å²) in [5.74, 6) is 1.70. The molecule has 0 spiro atoms. The number of ketones is 1. The van der Waals surface area contributed by atoms with Crippen molar-refractivity contribution in [1.82, 2.24) is 4.90 Å². The van der Waals surface area contributed by atoms with Gasteiger partial charge in [-0.2, -0.15) is 0 Å². The van der Waals surface area contributed by atoms with E-state index in [0.717, 1.165) is 23.4 Å². The SMILES string of the molecule is Cc1ccc(/C=C2\Oc3c(ccc4c3CN(Cc3ccc(C)cc3)CO4)C2=O)cc1. The lowest BCUT2D eigenvalue weighted by Crippen LogP contribution is -2.31. The van der Waals surface area contributed by atoms with Crippen LogP contribution in [-0.4, -0.2) is 17.4 Å². The van der Waals surface area contributed by atoms with E-state index < -0.39 is 0 Å². The number of rotatable bonds is 3. The highest BCUT2D eigenvalue weighted by molar-refractivity contribution is 6.15. The summed E-state index contributed by atoms with van der Waals surface area (Å²) in [6, 6.07) is 20.2. The van der Waals surface area contributed by atoms with E-state index in [1.54, 1.807) is 0 Å². The second-order valence-electron chi connectivity index (χ2n) is 8.02. The third-order valence-corrected chi connectivity index (χ3v) is 5.58. The molecule has 150 valence electrons. The maximum atomic E-state index is 12.9. The second kappa shape index (κ2) is 7.47. The molecule has 0 fully saturated rings.